The van der Waals surface area contributed by atoms with E-state index >= 15 is 0 Å². The molecular weight excluding hydrogens is 305 g/mol. The lowest BCUT2D eigenvalue weighted by molar-refractivity contribution is -0.187. The number of carbonyl (C=O) groups is 2. The molecule has 21 heavy (non-hydrogen) atoms. The molecule has 0 aromatic carbocycles. The van der Waals surface area contributed by atoms with Crippen LogP contribution in [0.5, 0.6) is 0 Å². The Morgan fingerprint density at radius 2 is 2.19 bits per heavy atom. The Labute approximate surface area is 124 Å². The summed E-state index contributed by atoms with van der Waals surface area (Å²) < 4.78 is 37.6. The topological polar surface area (TPSA) is 40.6 Å². The zero-order valence-electron chi connectivity index (χ0n) is 11.4. The molecule has 1 atom stereocenters. The molecule has 1 aliphatic heterocycles. The lowest BCUT2D eigenvalue weighted by Gasteiger charge is -2.28. The van der Waals surface area contributed by atoms with Crippen molar-refractivity contribution in [1.29, 1.82) is 0 Å². The summed E-state index contributed by atoms with van der Waals surface area (Å²) in [5.74, 6) is -2.38. The van der Waals surface area contributed by atoms with Crippen molar-refractivity contribution in [3.05, 3.63) is 22.4 Å². The summed E-state index contributed by atoms with van der Waals surface area (Å²) in [5.41, 5.74) is 0.919. The number of nitrogens with zero attached hydrogens (tertiary/aromatic N) is 2. The Morgan fingerprint density at radius 1 is 1.48 bits per heavy atom. The number of likely N-dealkylation sites (tertiary alicyclic amines) is 1. The number of rotatable bonds is 3. The van der Waals surface area contributed by atoms with Crippen molar-refractivity contribution in [3.8, 4) is 0 Å². The number of carbonyl (C=O) groups excluding carboxylic acids is 2. The monoisotopic (exact) mass is 320 g/mol. The van der Waals surface area contributed by atoms with Gasteiger partial charge in [0.05, 0.1) is 0 Å². The first kappa shape index (κ1) is 15.8. The molecule has 0 bridgehead atoms. The standard InChI is InChI=1S/C13H15F3N2O2S/c1-17(7-9-4-6-21-8-9)11(19)10-3-2-5-18(10)12(20)13(14,15)16/h4,6,8,10H,2-3,5,7H2,1H3. The number of likely N-dealkylation sites (N-methyl/N-ethyl adjacent to an activating group) is 1. The fourth-order valence-electron chi connectivity index (χ4n) is 2.42. The van der Waals surface area contributed by atoms with Gasteiger partial charge in [-0.3, -0.25) is 9.59 Å². The predicted molar refractivity (Wildman–Crippen MR) is 71.6 cm³/mol. The van der Waals surface area contributed by atoms with Crippen molar-refractivity contribution in [3.63, 3.8) is 0 Å². The van der Waals surface area contributed by atoms with E-state index in [9.17, 15) is 22.8 Å². The van der Waals surface area contributed by atoms with Gasteiger partial charge in [-0.2, -0.15) is 24.5 Å². The van der Waals surface area contributed by atoms with E-state index in [4.69, 9.17) is 0 Å². The predicted octanol–water partition coefficient (Wildman–Crippen LogP) is 2.26. The van der Waals surface area contributed by atoms with Crippen LogP contribution in [-0.2, 0) is 16.1 Å². The molecule has 2 rings (SSSR count). The molecule has 2 amide bonds. The van der Waals surface area contributed by atoms with E-state index in [-0.39, 0.29) is 13.0 Å². The van der Waals surface area contributed by atoms with E-state index in [0.29, 0.717) is 17.9 Å². The van der Waals surface area contributed by atoms with Crippen LogP contribution in [0.3, 0.4) is 0 Å². The van der Waals surface area contributed by atoms with Crippen molar-refractivity contribution >= 4 is 23.2 Å². The van der Waals surface area contributed by atoms with E-state index in [1.165, 1.54) is 23.3 Å². The third kappa shape index (κ3) is 3.55. The van der Waals surface area contributed by atoms with Crippen LogP contribution >= 0.6 is 11.3 Å². The van der Waals surface area contributed by atoms with Crippen LogP contribution < -0.4 is 0 Å². The maximum atomic E-state index is 12.5. The third-order valence-electron chi connectivity index (χ3n) is 3.42. The molecule has 1 unspecified atom stereocenters. The average molecular weight is 320 g/mol. The first-order valence-electron chi connectivity index (χ1n) is 6.44. The minimum Gasteiger partial charge on any atom is -0.340 e. The number of hydrogen-bond donors (Lipinski definition) is 0. The number of alkyl halides is 3. The van der Waals surface area contributed by atoms with Crippen LogP contribution in [0.25, 0.3) is 0 Å². The SMILES string of the molecule is CN(Cc1ccsc1)C(=O)C1CCCN1C(=O)C(F)(F)F. The van der Waals surface area contributed by atoms with Crippen LogP contribution in [0.4, 0.5) is 13.2 Å². The smallest absolute Gasteiger partial charge is 0.340 e. The molecule has 0 radical (unpaired) electrons. The van der Waals surface area contributed by atoms with Gasteiger partial charge in [0, 0.05) is 20.1 Å². The van der Waals surface area contributed by atoms with Gasteiger partial charge in [-0.05, 0) is 35.2 Å². The van der Waals surface area contributed by atoms with Gasteiger partial charge in [-0.1, -0.05) is 0 Å². The molecule has 2 heterocycles. The minimum atomic E-state index is -4.94. The minimum absolute atomic E-state index is 0.0267. The Balaban J connectivity index is 2.05. The highest BCUT2D eigenvalue weighted by molar-refractivity contribution is 7.07. The molecule has 1 aromatic rings. The summed E-state index contributed by atoms with van der Waals surface area (Å²) in [5, 5.41) is 3.74. The van der Waals surface area contributed by atoms with Crippen LogP contribution in [0.2, 0.25) is 0 Å². The Bertz CT molecular complexity index is 516. The van der Waals surface area contributed by atoms with Crippen LogP contribution in [0.1, 0.15) is 18.4 Å². The van der Waals surface area contributed by atoms with Gasteiger partial charge in [0.25, 0.3) is 0 Å². The highest BCUT2D eigenvalue weighted by Gasteiger charge is 2.48. The van der Waals surface area contributed by atoms with E-state index in [1.54, 1.807) is 0 Å². The van der Waals surface area contributed by atoms with Crippen molar-refractivity contribution < 1.29 is 22.8 Å². The maximum absolute atomic E-state index is 12.5. The third-order valence-corrected chi connectivity index (χ3v) is 4.15. The van der Waals surface area contributed by atoms with Gasteiger partial charge in [0.1, 0.15) is 6.04 Å². The Morgan fingerprint density at radius 3 is 2.76 bits per heavy atom. The fraction of sp³-hybridized carbons (Fsp3) is 0.538. The van der Waals surface area contributed by atoms with Gasteiger partial charge in [0.2, 0.25) is 5.91 Å². The zero-order chi connectivity index (χ0) is 15.6. The summed E-state index contributed by atoms with van der Waals surface area (Å²) in [7, 11) is 1.54. The van der Waals surface area contributed by atoms with Crippen molar-refractivity contribution in [2.24, 2.45) is 0 Å². The Hall–Kier alpha value is -1.57. The van der Waals surface area contributed by atoms with Crippen LogP contribution in [-0.4, -0.2) is 47.4 Å². The lowest BCUT2D eigenvalue weighted by Crippen LogP contribution is -2.50. The van der Waals surface area contributed by atoms with Crippen LogP contribution in [0, 0.1) is 0 Å². The molecule has 0 aliphatic carbocycles. The molecule has 8 heteroatoms. The van der Waals surface area contributed by atoms with E-state index in [1.807, 2.05) is 16.8 Å². The fourth-order valence-corrected chi connectivity index (χ4v) is 3.08. The second kappa shape index (κ2) is 6.05. The normalized spacial score (nSPS) is 18.9. The summed E-state index contributed by atoms with van der Waals surface area (Å²) in [6.07, 6.45) is -4.26. The number of hydrogen-bond acceptors (Lipinski definition) is 3. The summed E-state index contributed by atoms with van der Waals surface area (Å²) in [6.45, 7) is 0.300. The average Bonchev–Trinajstić information content (AvgIpc) is 3.06. The molecular formula is C13H15F3N2O2S. The highest BCUT2D eigenvalue weighted by atomic mass is 32.1. The molecule has 1 aromatic heterocycles. The molecule has 0 N–H and O–H groups in total. The highest BCUT2D eigenvalue weighted by Crippen LogP contribution is 2.26. The van der Waals surface area contributed by atoms with Gasteiger partial charge >= 0.3 is 12.1 Å². The quantitative estimate of drug-likeness (QED) is 0.857. The molecule has 1 saturated heterocycles. The molecule has 0 saturated carbocycles. The van der Waals surface area contributed by atoms with E-state index in [2.05, 4.69) is 0 Å². The lowest BCUT2D eigenvalue weighted by atomic mass is 10.2. The summed E-state index contributed by atoms with van der Waals surface area (Å²) in [6, 6.07) is 0.838. The maximum Gasteiger partial charge on any atom is 0.471 e. The van der Waals surface area contributed by atoms with Crippen molar-refractivity contribution in [2.45, 2.75) is 31.6 Å². The van der Waals surface area contributed by atoms with Gasteiger partial charge < -0.3 is 9.80 Å². The molecule has 0 spiro atoms. The number of halogens is 3. The van der Waals surface area contributed by atoms with Crippen LogP contribution in [0.15, 0.2) is 16.8 Å². The molecule has 116 valence electrons. The first-order chi connectivity index (χ1) is 9.80. The van der Waals surface area contributed by atoms with E-state index in [0.717, 1.165) is 5.56 Å². The second-order valence-electron chi connectivity index (χ2n) is 4.98. The largest absolute Gasteiger partial charge is 0.471 e. The van der Waals surface area contributed by atoms with Crippen molar-refractivity contribution in [2.75, 3.05) is 13.6 Å². The first-order valence-corrected chi connectivity index (χ1v) is 7.39. The summed E-state index contributed by atoms with van der Waals surface area (Å²) in [4.78, 5) is 25.6. The van der Waals surface area contributed by atoms with Gasteiger partial charge in [-0.25, -0.2) is 0 Å². The van der Waals surface area contributed by atoms with Gasteiger partial charge in [-0.15, -0.1) is 0 Å². The summed E-state index contributed by atoms with van der Waals surface area (Å²) >= 11 is 1.48. The molecule has 1 fully saturated rings. The van der Waals surface area contributed by atoms with E-state index < -0.39 is 24.0 Å². The number of amides is 2. The molecule has 1 aliphatic rings. The molecule has 4 nitrogen and oxygen atoms in total. The Kier molecular flexibility index (Phi) is 4.55. The number of thiophene rings is 1. The second-order valence-corrected chi connectivity index (χ2v) is 5.76. The van der Waals surface area contributed by atoms with Crippen molar-refractivity contribution in [1.82, 2.24) is 9.80 Å². The van der Waals surface area contributed by atoms with Gasteiger partial charge in [0.15, 0.2) is 0 Å². The zero-order valence-corrected chi connectivity index (χ0v) is 12.2.